The third kappa shape index (κ3) is 5.25. The summed E-state index contributed by atoms with van der Waals surface area (Å²) in [5.41, 5.74) is 3.51. The molecule has 1 aliphatic heterocycles. The van der Waals surface area contributed by atoms with Gasteiger partial charge in [-0.05, 0) is 49.4 Å². The van der Waals surface area contributed by atoms with Crippen molar-refractivity contribution in [3.63, 3.8) is 0 Å². The largest absolute Gasteiger partial charge is 0.497 e. The van der Waals surface area contributed by atoms with Gasteiger partial charge in [-0.25, -0.2) is 0 Å². The zero-order valence-electron chi connectivity index (χ0n) is 19.8. The number of benzene rings is 2. The quantitative estimate of drug-likeness (QED) is 0.395. The Morgan fingerprint density at radius 1 is 0.943 bits per heavy atom. The number of anilines is 1. The average molecular weight is 472 g/mol. The normalized spacial score (nSPS) is 14.3. The Bertz CT molecular complexity index is 1270. The summed E-state index contributed by atoms with van der Waals surface area (Å²) in [6, 6.07) is 21.8. The Labute approximate surface area is 204 Å². The number of carbonyl (C=O) groups is 1. The van der Waals surface area contributed by atoms with Gasteiger partial charge < -0.3 is 15.0 Å². The third-order valence-electron chi connectivity index (χ3n) is 6.28. The monoisotopic (exact) mass is 471 g/mol. The number of ether oxygens (including phenoxy) is 1. The molecule has 0 unspecified atom stereocenters. The Balaban J connectivity index is 1.10. The minimum atomic E-state index is -0.264. The first-order valence-electron chi connectivity index (χ1n) is 11.9. The van der Waals surface area contributed by atoms with Crippen LogP contribution in [-0.4, -0.2) is 77.0 Å². The van der Waals surface area contributed by atoms with Crippen LogP contribution < -0.4 is 15.0 Å². The zero-order valence-corrected chi connectivity index (χ0v) is 19.8. The maximum atomic E-state index is 12.8. The molecule has 0 aliphatic carbocycles. The average Bonchev–Trinajstić information content (AvgIpc) is 3.35. The van der Waals surface area contributed by atoms with E-state index in [9.17, 15) is 4.79 Å². The van der Waals surface area contributed by atoms with Gasteiger partial charge in [-0.2, -0.15) is 9.61 Å². The second kappa shape index (κ2) is 10.5. The molecule has 0 bridgehead atoms. The highest BCUT2D eigenvalue weighted by Gasteiger charge is 2.18. The zero-order chi connectivity index (χ0) is 24.0. The maximum Gasteiger partial charge on any atom is 0.291 e. The molecule has 1 saturated heterocycles. The second-order valence-corrected chi connectivity index (χ2v) is 8.51. The highest BCUT2D eigenvalue weighted by atomic mass is 16.5. The number of rotatable bonds is 8. The van der Waals surface area contributed by atoms with Crippen molar-refractivity contribution in [2.75, 3.05) is 51.3 Å². The molecular weight excluding hydrogens is 442 g/mol. The van der Waals surface area contributed by atoms with Crippen LogP contribution >= 0.6 is 0 Å². The first kappa shape index (κ1) is 22.8. The lowest BCUT2D eigenvalue weighted by molar-refractivity contribution is 0.0938. The highest BCUT2D eigenvalue weighted by molar-refractivity contribution is 5.91. The van der Waals surface area contributed by atoms with Crippen LogP contribution in [0.4, 0.5) is 5.69 Å². The molecular formula is C26H29N7O2. The summed E-state index contributed by atoms with van der Waals surface area (Å²) in [6.45, 7) is 5.49. The lowest BCUT2D eigenvalue weighted by Gasteiger charge is -2.36. The Hall–Kier alpha value is -3.98. The number of carbonyl (C=O) groups excluding carboxylic acids is 1. The molecule has 35 heavy (non-hydrogen) atoms. The molecule has 3 heterocycles. The van der Waals surface area contributed by atoms with E-state index in [1.165, 1.54) is 10.2 Å². The second-order valence-electron chi connectivity index (χ2n) is 8.51. The van der Waals surface area contributed by atoms with Gasteiger partial charge in [0.25, 0.3) is 5.91 Å². The van der Waals surface area contributed by atoms with Crippen molar-refractivity contribution < 1.29 is 9.53 Å². The van der Waals surface area contributed by atoms with Gasteiger partial charge in [-0.15, -0.1) is 10.2 Å². The number of nitrogens with zero attached hydrogens (tertiary/aromatic N) is 6. The number of piperazine rings is 1. The number of amides is 1. The van der Waals surface area contributed by atoms with Crippen molar-refractivity contribution in [2.24, 2.45) is 0 Å². The molecule has 1 fully saturated rings. The number of nitrogens with one attached hydrogen (secondary N) is 1. The van der Waals surface area contributed by atoms with Crippen LogP contribution in [0.2, 0.25) is 0 Å². The van der Waals surface area contributed by atoms with Crippen LogP contribution in [0.15, 0.2) is 66.7 Å². The van der Waals surface area contributed by atoms with E-state index in [2.05, 4.69) is 42.5 Å². The fourth-order valence-electron chi connectivity index (χ4n) is 4.30. The van der Waals surface area contributed by atoms with Crippen LogP contribution in [0.25, 0.3) is 16.9 Å². The smallest absolute Gasteiger partial charge is 0.291 e. The van der Waals surface area contributed by atoms with E-state index in [1.807, 2.05) is 54.6 Å². The van der Waals surface area contributed by atoms with E-state index in [0.717, 1.165) is 56.2 Å². The molecule has 2 aromatic carbocycles. The standard InChI is InChI=1S/C26H29N7O2/c1-35-22-10-8-21(9-11-22)32-18-16-31(17-19-32)15-5-14-27-26(34)25-29-28-24-13-12-23(30-33(24)25)20-6-3-2-4-7-20/h2-4,6-13H,5,14-19H2,1H3,(H,27,34). The molecule has 9 heteroatoms. The van der Waals surface area contributed by atoms with Crippen LogP contribution in [-0.2, 0) is 0 Å². The van der Waals surface area contributed by atoms with Gasteiger partial charge in [-0.1, -0.05) is 30.3 Å². The molecule has 1 aliphatic rings. The van der Waals surface area contributed by atoms with Crippen molar-refractivity contribution in [1.82, 2.24) is 30.0 Å². The molecule has 1 amide bonds. The van der Waals surface area contributed by atoms with Crippen molar-refractivity contribution in [2.45, 2.75) is 6.42 Å². The molecule has 5 rings (SSSR count). The molecule has 2 aromatic heterocycles. The van der Waals surface area contributed by atoms with E-state index in [4.69, 9.17) is 4.74 Å². The van der Waals surface area contributed by atoms with Crippen molar-refractivity contribution >= 4 is 17.2 Å². The van der Waals surface area contributed by atoms with Gasteiger partial charge in [0.05, 0.1) is 12.8 Å². The van der Waals surface area contributed by atoms with Crippen LogP contribution in [0.5, 0.6) is 5.75 Å². The fourth-order valence-corrected chi connectivity index (χ4v) is 4.30. The molecule has 0 spiro atoms. The van der Waals surface area contributed by atoms with E-state index >= 15 is 0 Å². The Morgan fingerprint density at radius 3 is 2.46 bits per heavy atom. The minimum absolute atomic E-state index is 0.200. The number of hydrogen-bond donors (Lipinski definition) is 1. The number of methoxy groups -OCH3 is 1. The summed E-state index contributed by atoms with van der Waals surface area (Å²) in [6.07, 6.45) is 0.869. The van der Waals surface area contributed by atoms with E-state index < -0.39 is 0 Å². The van der Waals surface area contributed by atoms with Gasteiger partial charge in [0.1, 0.15) is 5.75 Å². The van der Waals surface area contributed by atoms with E-state index in [-0.39, 0.29) is 11.7 Å². The first-order valence-corrected chi connectivity index (χ1v) is 11.9. The lowest BCUT2D eigenvalue weighted by Crippen LogP contribution is -2.47. The number of fused-ring (bicyclic) bond motifs is 1. The van der Waals surface area contributed by atoms with Gasteiger partial charge in [0.2, 0.25) is 5.82 Å². The fraction of sp³-hybridized carbons (Fsp3) is 0.308. The lowest BCUT2D eigenvalue weighted by atomic mass is 10.1. The summed E-state index contributed by atoms with van der Waals surface area (Å²) >= 11 is 0. The SMILES string of the molecule is COc1ccc(N2CCN(CCCNC(=O)c3nnc4ccc(-c5ccccc5)nn34)CC2)cc1. The summed E-state index contributed by atoms with van der Waals surface area (Å²) in [4.78, 5) is 17.6. The first-order chi connectivity index (χ1) is 17.2. The Morgan fingerprint density at radius 2 is 1.71 bits per heavy atom. The summed E-state index contributed by atoms with van der Waals surface area (Å²) in [7, 11) is 1.68. The van der Waals surface area contributed by atoms with Gasteiger partial charge in [0.15, 0.2) is 5.65 Å². The summed E-state index contributed by atoms with van der Waals surface area (Å²) < 4.78 is 6.75. The highest BCUT2D eigenvalue weighted by Crippen LogP contribution is 2.20. The molecule has 0 atom stereocenters. The molecule has 0 saturated carbocycles. The van der Waals surface area contributed by atoms with E-state index in [0.29, 0.717) is 12.2 Å². The minimum Gasteiger partial charge on any atom is -0.497 e. The third-order valence-corrected chi connectivity index (χ3v) is 6.28. The number of hydrogen-bond acceptors (Lipinski definition) is 7. The maximum absolute atomic E-state index is 12.8. The molecule has 0 radical (unpaired) electrons. The molecule has 1 N–H and O–H groups in total. The predicted octanol–water partition coefficient (Wildman–Crippen LogP) is 2.74. The van der Waals surface area contributed by atoms with E-state index in [1.54, 1.807) is 7.11 Å². The van der Waals surface area contributed by atoms with Crippen LogP contribution in [0, 0.1) is 0 Å². The molecule has 4 aromatic rings. The van der Waals surface area contributed by atoms with Gasteiger partial charge >= 0.3 is 0 Å². The Kier molecular flexibility index (Phi) is 6.85. The van der Waals surface area contributed by atoms with Crippen molar-refractivity contribution in [1.29, 1.82) is 0 Å². The van der Waals surface area contributed by atoms with Gasteiger partial charge in [-0.3, -0.25) is 9.69 Å². The van der Waals surface area contributed by atoms with Crippen LogP contribution in [0.3, 0.4) is 0 Å². The summed E-state index contributed by atoms with van der Waals surface area (Å²) in [5, 5.41) is 15.7. The topological polar surface area (TPSA) is 87.9 Å². The van der Waals surface area contributed by atoms with Crippen LogP contribution in [0.1, 0.15) is 17.0 Å². The van der Waals surface area contributed by atoms with Crippen molar-refractivity contribution in [3.05, 3.63) is 72.6 Å². The van der Waals surface area contributed by atoms with Crippen molar-refractivity contribution in [3.8, 4) is 17.0 Å². The predicted molar refractivity (Wildman–Crippen MR) is 135 cm³/mol. The van der Waals surface area contributed by atoms with Gasteiger partial charge in [0, 0.05) is 44.0 Å². The molecule has 9 nitrogen and oxygen atoms in total. The number of aromatic nitrogens is 4. The summed E-state index contributed by atoms with van der Waals surface area (Å²) in [5.74, 6) is 0.811. The molecule has 180 valence electrons.